The van der Waals surface area contributed by atoms with Gasteiger partial charge in [0.25, 0.3) is 11.4 Å². The molecule has 8 nitrogen and oxygen atoms in total. The number of rotatable bonds is 6. The molecule has 0 radical (unpaired) electrons. The molecule has 174 valence electrons. The Hall–Kier alpha value is -4.20. The van der Waals surface area contributed by atoms with Gasteiger partial charge in [0.1, 0.15) is 17.9 Å². The molecule has 4 aromatic rings. The van der Waals surface area contributed by atoms with Gasteiger partial charge in [0, 0.05) is 16.9 Å². The first-order valence-corrected chi connectivity index (χ1v) is 10.8. The Kier molecular flexibility index (Phi) is 6.32. The quantitative estimate of drug-likeness (QED) is 0.458. The fourth-order valence-electron chi connectivity index (χ4n) is 3.85. The van der Waals surface area contributed by atoms with E-state index in [0.717, 1.165) is 22.4 Å². The monoisotopic (exact) mass is 458 g/mol. The minimum atomic E-state index is -0.363. The number of amides is 1. The summed E-state index contributed by atoms with van der Waals surface area (Å²) in [5.41, 5.74) is 4.78. The Morgan fingerprint density at radius 1 is 1.03 bits per heavy atom. The van der Waals surface area contributed by atoms with Gasteiger partial charge in [-0.1, -0.05) is 22.9 Å². The highest BCUT2D eigenvalue weighted by molar-refractivity contribution is 5.91. The summed E-state index contributed by atoms with van der Waals surface area (Å²) in [7, 11) is 1.59. The maximum atomic E-state index is 13.4. The number of aryl methyl sites for hydroxylation is 4. The summed E-state index contributed by atoms with van der Waals surface area (Å²) < 4.78 is 12.0. The molecular weight excluding hydrogens is 432 g/mol. The van der Waals surface area contributed by atoms with E-state index in [1.54, 1.807) is 33.1 Å². The van der Waals surface area contributed by atoms with E-state index in [2.05, 4.69) is 15.5 Å². The zero-order valence-corrected chi connectivity index (χ0v) is 19.8. The van der Waals surface area contributed by atoms with E-state index < -0.39 is 0 Å². The van der Waals surface area contributed by atoms with E-state index in [4.69, 9.17) is 9.26 Å². The normalized spacial score (nSPS) is 10.9. The Labute approximate surface area is 197 Å². The van der Waals surface area contributed by atoms with Crippen LogP contribution >= 0.6 is 0 Å². The Balaban J connectivity index is 1.63. The summed E-state index contributed by atoms with van der Waals surface area (Å²) in [6.45, 7) is 7.39. The average molecular weight is 459 g/mol. The molecule has 0 unspecified atom stereocenters. The van der Waals surface area contributed by atoms with Gasteiger partial charge in [0.05, 0.1) is 7.11 Å². The van der Waals surface area contributed by atoms with Gasteiger partial charge in [-0.2, -0.15) is 4.98 Å². The summed E-state index contributed by atoms with van der Waals surface area (Å²) in [6.07, 6.45) is 0. The number of anilines is 1. The lowest BCUT2D eigenvalue weighted by molar-refractivity contribution is -0.116. The number of hydrogen-bond donors (Lipinski definition) is 1. The summed E-state index contributed by atoms with van der Waals surface area (Å²) in [5.74, 6) is 0.883. The molecule has 0 aliphatic heterocycles. The van der Waals surface area contributed by atoms with Crippen LogP contribution in [0.15, 0.2) is 57.8 Å². The fourth-order valence-corrected chi connectivity index (χ4v) is 3.85. The zero-order chi connectivity index (χ0) is 24.4. The molecule has 0 atom stereocenters. The molecule has 0 saturated heterocycles. The molecular formula is C26H26N4O4. The molecule has 0 bridgehead atoms. The first-order chi connectivity index (χ1) is 16.3. The molecule has 0 aliphatic rings. The highest BCUT2D eigenvalue weighted by Crippen LogP contribution is 2.24. The first kappa shape index (κ1) is 23.0. The second-order valence-electron chi connectivity index (χ2n) is 8.25. The minimum Gasteiger partial charge on any atom is -0.497 e. The van der Waals surface area contributed by atoms with Crippen molar-refractivity contribution >= 4 is 11.6 Å². The van der Waals surface area contributed by atoms with E-state index in [1.807, 2.05) is 50.2 Å². The Bertz CT molecular complexity index is 1420. The predicted molar refractivity (Wildman–Crippen MR) is 130 cm³/mol. The highest BCUT2D eigenvalue weighted by atomic mass is 16.5. The maximum Gasteiger partial charge on any atom is 0.264 e. The molecule has 1 N–H and O–H groups in total. The number of pyridine rings is 1. The van der Waals surface area contributed by atoms with Crippen LogP contribution < -0.4 is 15.6 Å². The molecule has 0 saturated carbocycles. The number of methoxy groups -OCH3 is 1. The van der Waals surface area contributed by atoms with Gasteiger partial charge in [-0.25, -0.2) is 0 Å². The number of carbonyl (C=O) groups excluding carboxylic acids is 1. The Morgan fingerprint density at radius 2 is 1.76 bits per heavy atom. The first-order valence-electron chi connectivity index (χ1n) is 10.8. The van der Waals surface area contributed by atoms with Crippen molar-refractivity contribution in [2.24, 2.45) is 0 Å². The predicted octanol–water partition coefficient (Wildman–Crippen LogP) is 4.45. The molecule has 0 fully saturated rings. The summed E-state index contributed by atoms with van der Waals surface area (Å²) in [5, 5.41) is 6.92. The van der Waals surface area contributed by atoms with Crippen molar-refractivity contribution in [3.05, 3.63) is 81.3 Å². The van der Waals surface area contributed by atoms with Gasteiger partial charge >= 0.3 is 0 Å². The number of ether oxygens (including phenoxy) is 1. The molecule has 2 aromatic heterocycles. The number of benzene rings is 2. The van der Waals surface area contributed by atoms with Crippen LogP contribution in [0, 0.1) is 27.7 Å². The van der Waals surface area contributed by atoms with Crippen molar-refractivity contribution in [1.82, 2.24) is 14.7 Å². The third-order valence-electron chi connectivity index (χ3n) is 5.65. The standard InChI is InChI=1S/C26H26N4O4/c1-15-6-11-21(16(2)12-15)27-22(31)14-30-18(4)13-17(3)23(26(30)32)25-28-24(29-34-25)19-7-9-20(33-5)10-8-19/h6-13H,14H2,1-5H3,(H,27,31). The average Bonchev–Trinajstić information content (AvgIpc) is 3.28. The van der Waals surface area contributed by atoms with E-state index in [1.165, 1.54) is 4.57 Å². The van der Waals surface area contributed by atoms with Crippen molar-refractivity contribution in [3.8, 4) is 28.6 Å². The second-order valence-corrected chi connectivity index (χ2v) is 8.25. The molecule has 0 spiro atoms. The van der Waals surface area contributed by atoms with Crippen LogP contribution in [0.2, 0.25) is 0 Å². The van der Waals surface area contributed by atoms with Crippen molar-refractivity contribution < 1.29 is 14.1 Å². The van der Waals surface area contributed by atoms with Crippen molar-refractivity contribution in [2.75, 3.05) is 12.4 Å². The van der Waals surface area contributed by atoms with Crippen LogP contribution in [0.5, 0.6) is 5.75 Å². The van der Waals surface area contributed by atoms with E-state index in [-0.39, 0.29) is 29.5 Å². The molecule has 4 rings (SSSR count). The van der Waals surface area contributed by atoms with E-state index in [0.29, 0.717) is 22.8 Å². The largest absolute Gasteiger partial charge is 0.497 e. The van der Waals surface area contributed by atoms with E-state index >= 15 is 0 Å². The van der Waals surface area contributed by atoms with Crippen molar-refractivity contribution in [1.29, 1.82) is 0 Å². The summed E-state index contributed by atoms with van der Waals surface area (Å²) >= 11 is 0. The number of carbonyl (C=O) groups is 1. The highest BCUT2D eigenvalue weighted by Gasteiger charge is 2.20. The second kappa shape index (κ2) is 9.35. The molecule has 1 amide bonds. The lowest BCUT2D eigenvalue weighted by Crippen LogP contribution is -2.30. The topological polar surface area (TPSA) is 99.3 Å². The van der Waals surface area contributed by atoms with Gasteiger partial charge in [0.2, 0.25) is 11.7 Å². The van der Waals surface area contributed by atoms with Crippen molar-refractivity contribution in [3.63, 3.8) is 0 Å². The molecule has 8 heteroatoms. The number of nitrogens with one attached hydrogen (secondary N) is 1. The lowest BCUT2D eigenvalue weighted by Gasteiger charge is -2.14. The van der Waals surface area contributed by atoms with Crippen LogP contribution in [0.25, 0.3) is 22.8 Å². The van der Waals surface area contributed by atoms with Gasteiger partial charge in [-0.3, -0.25) is 9.59 Å². The van der Waals surface area contributed by atoms with Crippen LogP contribution in [0.4, 0.5) is 5.69 Å². The fraction of sp³-hybridized carbons (Fsp3) is 0.231. The SMILES string of the molecule is COc1ccc(-c2noc(-c3c(C)cc(C)n(CC(=O)Nc4ccc(C)cc4C)c3=O)n2)cc1. The van der Waals surface area contributed by atoms with Crippen LogP contribution in [0.3, 0.4) is 0 Å². The molecule has 0 aliphatic carbocycles. The van der Waals surface area contributed by atoms with Gasteiger partial charge in [0.15, 0.2) is 0 Å². The molecule has 2 aromatic carbocycles. The number of aromatic nitrogens is 3. The summed E-state index contributed by atoms with van der Waals surface area (Å²) in [4.78, 5) is 30.6. The lowest BCUT2D eigenvalue weighted by atomic mass is 10.1. The van der Waals surface area contributed by atoms with Crippen LogP contribution in [-0.2, 0) is 11.3 Å². The van der Waals surface area contributed by atoms with E-state index in [9.17, 15) is 9.59 Å². The van der Waals surface area contributed by atoms with Crippen LogP contribution in [-0.4, -0.2) is 27.7 Å². The zero-order valence-electron chi connectivity index (χ0n) is 19.8. The van der Waals surface area contributed by atoms with Gasteiger partial charge < -0.3 is 19.1 Å². The van der Waals surface area contributed by atoms with Gasteiger partial charge in [-0.05, 0) is 75.2 Å². The number of hydrogen-bond acceptors (Lipinski definition) is 6. The smallest absolute Gasteiger partial charge is 0.264 e. The third-order valence-corrected chi connectivity index (χ3v) is 5.65. The van der Waals surface area contributed by atoms with Crippen molar-refractivity contribution in [2.45, 2.75) is 34.2 Å². The number of nitrogens with zero attached hydrogens (tertiary/aromatic N) is 3. The minimum absolute atomic E-state index is 0.108. The molecule has 2 heterocycles. The maximum absolute atomic E-state index is 13.4. The third kappa shape index (κ3) is 4.61. The molecule has 34 heavy (non-hydrogen) atoms. The summed E-state index contributed by atoms with van der Waals surface area (Å²) in [6, 6.07) is 14.8. The Morgan fingerprint density at radius 3 is 2.44 bits per heavy atom. The van der Waals surface area contributed by atoms with Gasteiger partial charge in [-0.15, -0.1) is 0 Å². The van der Waals surface area contributed by atoms with Crippen LogP contribution in [0.1, 0.15) is 22.4 Å².